The number of nitrogens with one attached hydrogen (secondary N) is 1. The van der Waals surface area contributed by atoms with Crippen molar-refractivity contribution < 1.29 is 4.74 Å². The van der Waals surface area contributed by atoms with Crippen molar-refractivity contribution in [3.8, 4) is 22.6 Å². The van der Waals surface area contributed by atoms with Gasteiger partial charge in [-0.1, -0.05) is 18.2 Å². The molecule has 0 bridgehead atoms. The zero-order chi connectivity index (χ0) is 21.7. The second kappa shape index (κ2) is 7.46. The van der Waals surface area contributed by atoms with Crippen LogP contribution < -0.4 is 4.90 Å². The third-order valence-corrected chi connectivity index (χ3v) is 6.27. The van der Waals surface area contributed by atoms with Crippen LogP contribution in [0.25, 0.3) is 44.5 Å². The normalized spacial score (nSPS) is 16.8. The highest BCUT2D eigenvalue weighted by Crippen LogP contribution is 2.34. The van der Waals surface area contributed by atoms with Crippen molar-refractivity contribution >= 4 is 27.6 Å². The first-order chi connectivity index (χ1) is 15.7. The Kier molecular flexibility index (Phi) is 4.43. The van der Waals surface area contributed by atoms with Crippen molar-refractivity contribution in [1.29, 1.82) is 0 Å². The second-order valence-electron chi connectivity index (χ2n) is 8.30. The first kappa shape index (κ1) is 19.0. The molecule has 0 saturated carbocycles. The van der Waals surface area contributed by atoms with Gasteiger partial charge < -0.3 is 14.6 Å². The molecule has 160 valence electrons. The predicted octanol–water partition coefficient (Wildman–Crippen LogP) is 4.40. The van der Waals surface area contributed by atoms with Crippen LogP contribution in [0.1, 0.15) is 6.92 Å². The number of aromatic amines is 1. The van der Waals surface area contributed by atoms with Gasteiger partial charge in [0.05, 0.1) is 30.5 Å². The highest BCUT2D eigenvalue weighted by molar-refractivity contribution is 5.98. The number of rotatable bonds is 3. The van der Waals surface area contributed by atoms with Gasteiger partial charge in [-0.3, -0.25) is 4.68 Å². The van der Waals surface area contributed by atoms with Gasteiger partial charge in [0.15, 0.2) is 5.82 Å². The lowest BCUT2D eigenvalue weighted by Gasteiger charge is -2.35. The lowest BCUT2D eigenvalue weighted by atomic mass is 10.1. The van der Waals surface area contributed by atoms with Crippen LogP contribution in [-0.2, 0) is 11.8 Å². The maximum atomic E-state index is 5.71. The maximum absolute atomic E-state index is 5.71. The molecule has 7 heteroatoms. The van der Waals surface area contributed by atoms with E-state index in [9.17, 15) is 0 Å². The number of hydrogen-bond donors (Lipinski definition) is 1. The minimum Gasteiger partial charge on any atom is -0.377 e. The Labute approximate surface area is 185 Å². The monoisotopic (exact) mass is 424 g/mol. The van der Waals surface area contributed by atoms with Crippen LogP contribution in [-0.4, -0.2) is 50.5 Å². The van der Waals surface area contributed by atoms with Gasteiger partial charge in [0, 0.05) is 53.4 Å². The fourth-order valence-electron chi connectivity index (χ4n) is 4.59. The molecule has 32 heavy (non-hydrogen) atoms. The van der Waals surface area contributed by atoms with Crippen LogP contribution in [0, 0.1) is 0 Å². The summed E-state index contributed by atoms with van der Waals surface area (Å²) >= 11 is 0. The Morgan fingerprint density at radius 3 is 2.84 bits per heavy atom. The van der Waals surface area contributed by atoms with Gasteiger partial charge in [-0.15, -0.1) is 0 Å². The zero-order valence-corrected chi connectivity index (χ0v) is 18.1. The van der Waals surface area contributed by atoms with Crippen LogP contribution in [0.15, 0.2) is 60.9 Å². The quantitative estimate of drug-likeness (QED) is 0.465. The van der Waals surface area contributed by atoms with Crippen molar-refractivity contribution in [2.45, 2.75) is 13.0 Å². The molecule has 1 aliphatic heterocycles. The minimum atomic E-state index is 0.234. The third kappa shape index (κ3) is 3.05. The third-order valence-electron chi connectivity index (χ3n) is 6.27. The van der Waals surface area contributed by atoms with Gasteiger partial charge >= 0.3 is 0 Å². The smallest absolute Gasteiger partial charge is 0.162 e. The topological polar surface area (TPSA) is 71.9 Å². The van der Waals surface area contributed by atoms with E-state index in [0.717, 1.165) is 56.8 Å². The van der Waals surface area contributed by atoms with Crippen LogP contribution in [0.5, 0.6) is 0 Å². The van der Waals surface area contributed by atoms with Gasteiger partial charge in [-0.2, -0.15) is 5.10 Å². The van der Waals surface area contributed by atoms with E-state index >= 15 is 0 Å². The van der Waals surface area contributed by atoms with Crippen molar-refractivity contribution in [3.05, 3.63) is 60.9 Å². The summed E-state index contributed by atoms with van der Waals surface area (Å²) in [4.78, 5) is 15.8. The number of nitrogens with zero attached hydrogens (tertiary/aromatic N) is 5. The average Bonchev–Trinajstić information content (AvgIpc) is 3.47. The maximum Gasteiger partial charge on any atom is 0.162 e. The summed E-state index contributed by atoms with van der Waals surface area (Å²) in [5.74, 6) is 1.70. The number of hydrogen-bond acceptors (Lipinski definition) is 5. The summed E-state index contributed by atoms with van der Waals surface area (Å²) in [6.45, 7) is 4.37. The second-order valence-corrected chi connectivity index (χ2v) is 8.30. The summed E-state index contributed by atoms with van der Waals surface area (Å²) in [6, 6.07) is 16.9. The lowest BCUT2D eigenvalue weighted by molar-refractivity contribution is 0.0987. The number of aromatic nitrogens is 5. The van der Waals surface area contributed by atoms with E-state index < -0.39 is 0 Å². The van der Waals surface area contributed by atoms with E-state index in [4.69, 9.17) is 14.7 Å². The summed E-state index contributed by atoms with van der Waals surface area (Å²) in [5, 5.41) is 6.50. The van der Waals surface area contributed by atoms with Crippen LogP contribution in [0.3, 0.4) is 0 Å². The van der Waals surface area contributed by atoms with E-state index in [0.29, 0.717) is 13.2 Å². The number of aryl methyl sites for hydroxylation is 1. The number of anilines is 1. The average molecular weight is 425 g/mol. The summed E-state index contributed by atoms with van der Waals surface area (Å²) < 4.78 is 7.59. The van der Waals surface area contributed by atoms with Crippen molar-refractivity contribution in [1.82, 2.24) is 24.7 Å². The highest BCUT2D eigenvalue weighted by Gasteiger charge is 2.24. The molecule has 1 N–H and O–H groups in total. The van der Waals surface area contributed by atoms with E-state index in [1.54, 1.807) is 0 Å². The molecule has 1 atom stereocenters. The lowest BCUT2D eigenvalue weighted by Crippen LogP contribution is -2.44. The van der Waals surface area contributed by atoms with Crippen molar-refractivity contribution in [2.75, 3.05) is 24.7 Å². The largest absolute Gasteiger partial charge is 0.377 e. The van der Waals surface area contributed by atoms with Gasteiger partial charge in [0.2, 0.25) is 0 Å². The summed E-state index contributed by atoms with van der Waals surface area (Å²) in [5.41, 5.74) is 5.21. The van der Waals surface area contributed by atoms with Gasteiger partial charge in [-0.25, -0.2) is 9.97 Å². The highest BCUT2D eigenvalue weighted by atomic mass is 16.5. The van der Waals surface area contributed by atoms with E-state index in [2.05, 4.69) is 58.3 Å². The molecule has 5 aromatic rings. The molecule has 4 heterocycles. The van der Waals surface area contributed by atoms with E-state index in [1.807, 2.05) is 36.3 Å². The van der Waals surface area contributed by atoms with Crippen molar-refractivity contribution in [2.24, 2.45) is 7.05 Å². The van der Waals surface area contributed by atoms with Crippen LogP contribution in [0.4, 0.5) is 5.82 Å². The molecule has 0 aliphatic carbocycles. The number of ether oxygens (including phenoxy) is 1. The standard InChI is InChI=1S/C25H24N6O/c1-16-15-32-13-12-31(16)25-20-14-17(23-9-11-27-30(23)2)6-7-22(20)28-24(29-25)19-4-3-5-21-18(19)8-10-26-21/h3-11,14,16,26H,12-13,15H2,1-2H3. The molecular weight excluding hydrogens is 400 g/mol. The molecule has 1 saturated heterocycles. The molecule has 2 aromatic carbocycles. The zero-order valence-electron chi connectivity index (χ0n) is 18.1. The first-order valence-electron chi connectivity index (χ1n) is 10.9. The van der Waals surface area contributed by atoms with Gasteiger partial charge in [-0.05, 0) is 37.3 Å². The molecule has 6 rings (SSSR count). The molecule has 7 nitrogen and oxygen atoms in total. The Hall–Kier alpha value is -3.71. The summed E-state index contributed by atoms with van der Waals surface area (Å²) in [7, 11) is 1.96. The fraction of sp³-hybridized carbons (Fsp3) is 0.240. The van der Waals surface area contributed by atoms with Crippen LogP contribution in [0.2, 0.25) is 0 Å². The molecule has 1 fully saturated rings. The molecule has 0 spiro atoms. The Balaban J connectivity index is 1.60. The van der Waals surface area contributed by atoms with E-state index in [-0.39, 0.29) is 6.04 Å². The molecule has 0 radical (unpaired) electrons. The molecule has 1 aliphatic rings. The number of fused-ring (bicyclic) bond motifs is 2. The first-order valence-corrected chi connectivity index (χ1v) is 10.9. The Bertz CT molecular complexity index is 1440. The number of benzene rings is 2. The fourth-order valence-corrected chi connectivity index (χ4v) is 4.59. The Morgan fingerprint density at radius 1 is 1.06 bits per heavy atom. The van der Waals surface area contributed by atoms with Crippen molar-refractivity contribution in [3.63, 3.8) is 0 Å². The van der Waals surface area contributed by atoms with E-state index in [1.165, 1.54) is 0 Å². The summed E-state index contributed by atoms with van der Waals surface area (Å²) in [6.07, 6.45) is 3.78. The molecule has 0 amide bonds. The number of morpholine rings is 1. The van der Waals surface area contributed by atoms with Gasteiger partial charge in [0.1, 0.15) is 5.82 Å². The SMILES string of the molecule is CC1COCCN1c1nc(-c2cccc3[nH]ccc23)nc2ccc(-c3ccnn3C)cc12. The van der Waals surface area contributed by atoms with Gasteiger partial charge in [0.25, 0.3) is 0 Å². The van der Waals surface area contributed by atoms with Crippen LogP contribution >= 0.6 is 0 Å². The molecule has 3 aromatic heterocycles. The molecular formula is C25H24N6O. The molecule has 1 unspecified atom stereocenters. The number of H-pyrrole nitrogens is 1. The minimum absolute atomic E-state index is 0.234. The Morgan fingerprint density at radius 2 is 2.00 bits per heavy atom. The predicted molar refractivity (Wildman–Crippen MR) is 127 cm³/mol.